The van der Waals surface area contributed by atoms with Gasteiger partial charge in [-0.1, -0.05) is 24.2 Å². The second-order valence-corrected chi connectivity index (χ2v) is 6.33. The Bertz CT molecular complexity index is 709. The van der Waals surface area contributed by atoms with Crippen LogP contribution >= 0.6 is 24.0 Å². The molecule has 3 rings (SSSR count). The Morgan fingerprint density at radius 3 is 2.81 bits per heavy atom. The van der Waals surface area contributed by atoms with Gasteiger partial charge in [-0.2, -0.15) is 4.98 Å². The topological polar surface area (TPSA) is 66.6 Å². The first-order chi connectivity index (χ1) is 12.3. The van der Waals surface area contributed by atoms with Crippen molar-refractivity contribution in [1.29, 1.82) is 0 Å². The van der Waals surface area contributed by atoms with Crippen LogP contribution in [0.2, 0.25) is 0 Å². The van der Waals surface area contributed by atoms with Gasteiger partial charge in [-0.3, -0.25) is 0 Å². The number of nitrogens with zero attached hydrogens (tertiary/aromatic N) is 4. The summed E-state index contributed by atoms with van der Waals surface area (Å²) in [6.07, 6.45) is 4.35. The van der Waals surface area contributed by atoms with Crippen LogP contribution < -0.4 is 5.32 Å². The van der Waals surface area contributed by atoms with Gasteiger partial charge >= 0.3 is 0 Å². The van der Waals surface area contributed by atoms with Crippen molar-refractivity contribution < 1.29 is 4.52 Å². The van der Waals surface area contributed by atoms with Crippen molar-refractivity contribution in [2.75, 3.05) is 19.6 Å². The Kier molecular flexibility index (Phi) is 8.34. The van der Waals surface area contributed by atoms with Crippen LogP contribution in [0.5, 0.6) is 0 Å². The molecular formula is C19H28IN5O. The molecule has 0 unspecified atom stereocenters. The second-order valence-electron chi connectivity index (χ2n) is 6.33. The number of halogens is 1. The molecule has 0 spiro atoms. The molecule has 0 radical (unpaired) electrons. The van der Waals surface area contributed by atoms with Crippen molar-refractivity contribution in [2.45, 2.75) is 46.1 Å². The van der Waals surface area contributed by atoms with Crippen LogP contribution in [0, 0.1) is 0 Å². The number of aryl methyl sites for hydroxylation is 1. The summed E-state index contributed by atoms with van der Waals surface area (Å²) in [5.41, 5.74) is 2.09. The molecule has 142 valence electrons. The largest absolute Gasteiger partial charge is 0.357 e. The zero-order valence-corrected chi connectivity index (χ0v) is 17.9. The molecule has 0 saturated carbocycles. The Balaban J connectivity index is 0.00000243. The van der Waals surface area contributed by atoms with Crippen LogP contribution in [0.3, 0.4) is 0 Å². The summed E-state index contributed by atoms with van der Waals surface area (Å²) >= 11 is 0. The molecule has 1 aromatic heterocycles. The molecule has 6 nitrogen and oxygen atoms in total. The first kappa shape index (κ1) is 20.7. The fourth-order valence-corrected chi connectivity index (χ4v) is 3.02. The highest BCUT2D eigenvalue weighted by molar-refractivity contribution is 14.0. The molecule has 1 N–H and O–H groups in total. The van der Waals surface area contributed by atoms with E-state index in [1.807, 2.05) is 12.1 Å². The maximum Gasteiger partial charge on any atom is 0.257 e. The average molecular weight is 469 g/mol. The number of guanidine groups is 1. The van der Waals surface area contributed by atoms with Crippen LogP contribution in [0.15, 0.2) is 33.8 Å². The third-order valence-corrected chi connectivity index (χ3v) is 4.27. The zero-order chi connectivity index (χ0) is 17.5. The van der Waals surface area contributed by atoms with Crippen molar-refractivity contribution in [3.8, 4) is 11.5 Å². The van der Waals surface area contributed by atoms with Gasteiger partial charge in [-0.25, -0.2) is 4.99 Å². The van der Waals surface area contributed by atoms with Gasteiger partial charge in [0.05, 0.1) is 6.54 Å². The Morgan fingerprint density at radius 2 is 2.08 bits per heavy atom. The molecule has 0 bridgehead atoms. The Labute approximate surface area is 172 Å². The van der Waals surface area contributed by atoms with Crippen LogP contribution in [0.1, 0.15) is 44.5 Å². The minimum Gasteiger partial charge on any atom is -0.357 e. The van der Waals surface area contributed by atoms with Crippen LogP contribution in [0.25, 0.3) is 11.5 Å². The van der Waals surface area contributed by atoms with E-state index in [-0.39, 0.29) is 24.0 Å². The van der Waals surface area contributed by atoms with E-state index >= 15 is 0 Å². The quantitative estimate of drug-likeness (QED) is 0.396. The highest BCUT2D eigenvalue weighted by Crippen LogP contribution is 2.19. The maximum atomic E-state index is 5.39. The SMILES string of the molecule is CCCc1noc(-c2cccc(CN=C(NCC)N3CCCC3)c2)n1.I. The normalized spacial score (nSPS) is 14.4. The summed E-state index contributed by atoms with van der Waals surface area (Å²) in [5.74, 6) is 2.36. The van der Waals surface area contributed by atoms with E-state index < -0.39 is 0 Å². The summed E-state index contributed by atoms with van der Waals surface area (Å²) in [5, 5.41) is 7.43. The molecule has 1 aliphatic heterocycles. The monoisotopic (exact) mass is 469 g/mol. The van der Waals surface area contributed by atoms with Crippen molar-refractivity contribution >= 4 is 29.9 Å². The standard InChI is InChI=1S/C19H27N5O.HI/c1-3-8-17-22-18(25-23-17)16-10-7-9-15(13-16)14-21-19(20-4-2)24-11-5-6-12-24;/h7,9-10,13H,3-6,8,11-12,14H2,1-2H3,(H,20,21);1H. The highest BCUT2D eigenvalue weighted by Gasteiger charge is 2.15. The molecule has 26 heavy (non-hydrogen) atoms. The molecule has 0 aliphatic carbocycles. The molecule has 2 aromatic rings. The molecule has 0 atom stereocenters. The number of likely N-dealkylation sites (tertiary alicyclic amines) is 1. The fraction of sp³-hybridized carbons (Fsp3) is 0.526. The average Bonchev–Trinajstić information content (AvgIpc) is 3.31. The summed E-state index contributed by atoms with van der Waals surface area (Å²) in [6.45, 7) is 7.93. The summed E-state index contributed by atoms with van der Waals surface area (Å²) < 4.78 is 5.39. The Morgan fingerprint density at radius 1 is 1.27 bits per heavy atom. The van der Waals surface area contributed by atoms with Crippen molar-refractivity contribution in [3.63, 3.8) is 0 Å². The van der Waals surface area contributed by atoms with Gasteiger partial charge in [0, 0.05) is 31.6 Å². The van der Waals surface area contributed by atoms with Gasteiger partial charge < -0.3 is 14.7 Å². The summed E-state index contributed by atoms with van der Waals surface area (Å²) in [7, 11) is 0. The molecule has 1 aliphatic rings. The number of rotatable bonds is 6. The minimum absolute atomic E-state index is 0. The summed E-state index contributed by atoms with van der Waals surface area (Å²) in [6, 6.07) is 8.19. The molecular weight excluding hydrogens is 441 g/mol. The molecule has 1 saturated heterocycles. The first-order valence-corrected chi connectivity index (χ1v) is 9.25. The number of aromatic nitrogens is 2. The predicted molar refractivity (Wildman–Crippen MR) is 115 cm³/mol. The molecule has 7 heteroatoms. The van der Waals surface area contributed by atoms with Gasteiger partial charge in [-0.05, 0) is 43.9 Å². The minimum atomic E-state index is 0. The molecule has 0 amide bonds. The van der Waals surface area contributed by atoms with E-state index in [1.54, 1.807) is 0 Å². The van der Waals surface area contributed by atoms with Crippen molar-refractivity contribution in [3.05, 3.63) is 35.7 Å². The van der Waals surface area contributed by atoms with Crippen molar-refractivity contribution in [2.24, 2.45) is 4.99 Å². The van der Waals surface area contributed by atoms with Gasteiger partial charge in [0.15, 0.2) is 11.8 Å². The van der Waals surface area contributed by atoms with E-state index in [9.17, 15) is 0 Å². The lowest BCUT2D eigenvalue weighted by atomic mass is 10.1. The molecule has 1 aromatic carbocycles. The molecule has 1 fully saturated rings. The third-order valence-electron chi connectivity index (χ3n) is 4.27. The van der Waals surface area contributed by atoms with Gasteiger partial charge in [0.1, 0.15) is 0 Å². The second kappa shape index (κ2) is 10.5. The van der Waals surface area contributed by atoms with Crippen LogP contribution in [-0.2, 0) is 13.0 Å². The van der Waals surface area contributed by atoms with Gasteiger partial charge in [-0.15, -0.1) is 24.0 Å². The Hall–Kier alpha value is -1.64. The maximum absolute atomic E-state index is 5.39. The van der Waals surface area contributed by atoms with E-state index in [0.29, 0.717) is 12.4 Å². The lowest BCUT2D eigenvalue weighted by Crippen LogP contribution is -2.39. The number of hydrogen-bond donors (Lipinski definition) is 1. The number of hydrogen-bond acceptors (Lipinski definition) is 4. The first-order valence-electron chi connectivity index (χ1n) is 9.25. The van der Waals surface area contributed by atoms with E-state index in [2.05, 4.69) is 46.3 Å². The van der Waals surface area contributed by atoms with E-state index in [4.69, 9.17) is 9.52 Å². The van der Waals surface area contributed by atoms with Crippen LogP contribution in [0.4, 0.5) is 0 Å². The third kappa shape index (κ3) is 5.43. The molecule has 2 heterocycles. The zero-order valence-electron chi connectivity index (χ0n) is 15.6. The van der Waals surface area contributed by atoms with Gasteiger partial charge in [0.2, 0.25) is 0 Å². The lowest BCUT2D eigenvalue weighted by molar-refractivity contribution is 0.422. The van der Waals surface area contributed by atoms with Gasteiger partial charge in [0.25, 0.3) is 5.89 Å². The number of benzene rings is 1. The number of aliphatic imine (C=N–C) groups is 1. The highest BCUT2D eigenvalue weighted by atomic mass is 127. The summed E-state index contributed by atoms with van der Waals surface area (Å²) in [4.78, 5) is 11.6. The smallest absolute Gasteiger partial charge is 0.257 e. The number of nitrogens with one attached hydrogen (secondary N) is 1. The predicted octanol–water partition coefficient (Wildman–Crippen LogP) is 3.87. The lowest BCUT2D eigenvalue weighted by Gasteiger charge is -2.20. The van der Waals surface area contributed by atoms with Crippen molar-refractivity contribution in [1.82, 2.24) is 20.4 Å². The fourth-order valence-electron chi connectivity index (χ4n) is 3.02. The van der Waals surface area contributed by atoms with E-state index in [0.717, 1.165) is 55.4 Å². The van der Waals surface area contributed by atoms with Crippen LogP contribution in [-0.4, -0.2) is 40.6 Å². The van der Waals surface area contributed by atoms with E-state index in [1.165, 1.54) is 12.8 Å².